The molecule has 1 amide bonds. The van der Waals surface area contributed by atoms with E-state index in [-0.39, 0.29) is 24.0 Å². The Morgan fingerprint density at radius 1 is 1.29 bits per heavy atom. The van der Waals surface area contributed by atoms with Gasteiger partial charge in [0.25, 0.3) is 0 Å². The molecule has 2 heterocycles. The summed E-state index contributed by atoms with van der Waals surface area (Å²) < 4.78 is 8.04. The quantitative estimate of drug-likeness (QED) is 0.721. The number of aromatic nitrogens is 3. The van der Waals surface area contributed by atoms with E-state index in [9.17, 15) is 9.59 Å². The molecule has 0 saturated heterocycles. The topological polar surface area (TPSA) is 72.8 Å². The van der Waals surface area contributed by atoms with Crippen LogP contribution in [0, 0.1) is 0 Å². The Morgan fingerprint density at radius 2 is 2.00 bits per heavy atom. The zero-order valence-electron chi connectivity index (χ0n) is 11.9. The van der Waals surface area contributed by atoms with Crippen molar-refractivity contribution in [3.63, 3.8) is 0 Å². The van der Waals surface area contributed by atoms with E-state index in [0.29, 0.717) is 24.2 Å². The van der Waals surface area contributed by atoms with Crippen molar-refractivity contribution >= 4 is 22.9 Å². The summed E-state index contributed by atoms with van der Waals surface area (Å²) in [6, 6.07) is 7.20. The fraction of sp³-hybridized carbons (Fsp3) is 0.357. The number of likely N-dealkylation sites (N-methyl/N-ethyl adjacent to an activating group) is 1. The molecule has 0 aliphatic carbocycles. The van der Waals surface area contributed by atoms with Crippen LogP contribution >= 0.6 is 0 Å². The van der Waals surface area contributed by atoms with Crippen LogP contribution in [0.15, 0.2) is 33.5 Å². The van der Waals surface area contributed by atoms with Crippen LogP contribution in [0.25, 0.3) is 16.9 Å². The monoisotopic (exact) mass is 288 g/mol. The highest BCUT2D eigenvalue weighted by molar-refractivity contribution is 5.77. The number of nitrogens with zero attached hydrogens (tertiary/aromatic N) is 4. The molecule has 0 aliphatic heterocycles. The molecule has 110 valence electrons. The lowest BCUT2D eigenvalue weighted by atomic mass is 10.3. The first-order valence-corrected chi connectivity index (χ1v) is 6.90. The average molecular weight is 288 g/mol. The highest BCUT2D eigenvalue weighted by atomic mass is 16.4. The Hall–Kier alpha value is -2.57. The highest BCUT2D eigenvalue weighted by Crippen LogP contribution is 2.16. The van der Waals surface area contributed by atoms with E-state index in [1.54, 1.807) is 17.0 Å². The summed E-state index contributed by atoms with van der Waals surface area (Å²) >= 11 is 0. The minimum atomic E-state index is -0.365. The van der Waals surface area contributed by atoms with Crippen molar-refractivity contribution < 1.29 is 9.21 Å². The molecule has 1 aromatic carbocycles. The Morgan fingerprint density at radius 3 is 2.71 bits per heavy atom. The fourth-order valence-corrected chi connectivity index (χ4v) is 2.39. The second-order valence-electron chi connectivity index (χ2n) is 4.69. The molecular formula is C14H16N4O3. The van der Waals surface area contributed by atoms with E-state index in [4.69, 9.17) is 4.42 Å². The number of fused-ring (bicyclic) bond motifs is 3. The molecule has 21 heavy (non-hydrogen) atoms. The third kappa shape index (κ3) is 2.10. The van der Waals surface area contributed by atoms with Gasteiger partial charge >= 0.3 is 11.5 Å². The number of rotatable bonds is 4. The van der Waals surface area contributed by atoms with Crippen molar-refractivity contribution in [1.82, 2.24) is 19.1 Å². The van der Waals surface area contributed by atoms with Crippen molar-refractivity contribution in [3.8, 4) is 0 Å². The van der Waals surface area contributed by atoms with E-state index >= 15 is 0 Å². The molecule has 2 aromatic heterocycles. The van der Waals surface area contributed by atoms with Crippen molar-refractivity contribution in [3.05, 3.63) is 34.7 Å². The Kier molecular flexibility index (Phi) is 3.25. The standard InChI is InChI=1S/C14H16N4O3/c1-3-16(4-2)12(19)9-17-14(20)18-10-7-5-6-8-11(10)21-13(18)15-17/h5-8H,3-4,9H2,1-2H3. The molecule has 0 saturated carbocycles. The van der Waals surface area contributed by atoms with E-state index in [1.165, 1.54) is 4.40 Å². The van der Waals surface area contributed by atoms with Gasteiger partial charge in [0.2, 0.25) is 5.91 Å². The van der Waals surface area contributed by atoms with E-state index < -0.39 is 0 Å². The summed E-state index contributed by atoms with van der Waals surface area (Å²) in [4.78, 5) is 26.1. The molecule has 7 nitrogen and oxygen atoms in total. The predicted octanol–water partition coefficient (Wildman–Crippen LogP) is 1.11. The lowest BCUT2D eigenvalue weighted by molar-refractivity contribution is -0.131. The van der Waals surface area contributed by atoms with Crippen molar-refractivity contribution in [2.24, 2.45) is 0 Å². The summed E-state index contributed by atoms with van der Waals surface area (Å²) in [7, 11) is 0. The fourth-order valence-electron chi connectivity index (χ4n) is 2.39. The predicted molar refractivity (Wildman–Crippen MR) is 77.2 cm³/mol. The molecule has 0 spiro atoms. The number of amides is 1. The van der Waals surface area contributed by atoms with Crippen LogP contribution in [0.2, 0.25) is 0 Å². The van der Waals surface area contributed by atoms with Gasteiger partial charge in [-0.2, -0.15) is 0 Å². The van der Waals surface area contributed by atoms with E-state index in [0.717, 1.165) is 4.68 Å². The molecule has 0 bridgehead atoms. The van der Waals surface area contributed by atoms with Gasteiger partial charge in [-0.25, -0.2) is 13.9 Å². The Bertz CT molecular complexity index is 854. The third-order valence-electron chi connectivity index (χ3n) is 3.52. The van der Waals surface area contributed by atoms with Gasteiger partial charge in [0.15, 0.2) is 5.58 Å². The first-order chi connectivity index (χ1) is 10.2. The Balaban J connectivity index is 2.03. The van der Waals surface area contributed by atoms with E-state index in [1.807, 2.05) is 26.0 Å². The van der Waals surface area contributed by atoms with Gasteiger partial charge < -0.3 is 9.32 Å². The average Bonchev–Trinajstić information content (AvgIpc) is 2.98. The molecule has 7 heteroatoms. The van der Waals surface area contributed by atoms with Crippen LogP contribution in [-0.4, -0.2) is 38.1 Å². The number of benzene rings is 1. The molecular weight excluding hydrogens is 272 g/mol. The van der Waals surface area contributed by atoms with Crippen LogP contribution < -0.4 is 5.69 Å². The van der Waals surface area contributed by atoms with Crippen LogP contribution in [0.5, 0.6) is 0 Å². The summed E-state index contributed by atoms with van der Waals surface area (Å²) in [6.07, 6.45) is 0. The van der Waals surface area contributed by atoms with Gasteiger partial charge in [0.1, 0.15) is 6.54 Å². The number of hydrogen-bond donors (Lipinski definition) is 0. The molecule has 0 atom stereocenters. The lowest BCUT2D eigenvalue weighted by Gasteiger charge is -2.17. The number of carbonyl (C=O) groups is 1. The molecule has 3 rings (SSSR count). The molecule has 0 aliphatic rings. The smallest absolute Gasteiger partial charge is 0.353 e. The summed E-state index contributed by atoms with van der Waals surface area (Å²) in [5.74, 6) is 0.0701. The SMILES string of the molecule is CCN(CC)C(=O)Cn1nc2oc3ccccc3n2c1=O. The van der Waals surface area contributed by atoms with Crippen LogP contribution in [-0.2, 0) is 11.3 Å². The van der Waals surface area contributed by atoms with Gasteiger partial charge in [-0.15, -0.1) is 5.10 Å². The normalized spacial score (nSPS) is 11.3. The van der Waals surface area contributed by atoms with Gasteiger partial charge in [0.05, 0.1) is 5.52 Å². The Labute approximate surface area is 120 Å². The van der Waals surface area contributed by atoms with Gasteiger partial charge in [-0.05, 0) is 26.0 Å². The maximum atomic E-state index is 12.4. The first kappa shape index (κ1) is 13.4. The zero-order chi connectivity index (χ0) is 15.0. The summed E-state index contributed by atoms with van der Waals surface area (Å²) in [6.45, 7) is 4.94. The largest absolute Gasteiger partial charge is 0.422 e. The van der Waals surface area contributed by atoms with Crippen LogP contribution in [0.4, 0.5) is 0 Å². The van der Waals surface area contributed by atoms with Crippen molar-refractivity contribution in [1.29, 1.82) is 0 Å². The lowest BCUT2D eigenvalue weighted by Crippen LogP contribution is -2.36. The molecule has 0 unspecified atom stereocenters. The third-order valence-corrected chi connectivity index (χ3v) is 3.52. The summed E-state index contributed by atoms with van der Waals surface area (Å²) in [5.41, 5.74) is 0.883. The maximum absolute atomic E-state index is 12.4. The molecule has 0 radical (unpaired) electrons. The van der Waals surface area contributed by atoms with Gasteiger partial charge in [-0.3, -0.25) is 4.79 Å². The second-order valence-corrected chi connectivity index (χ2v) is 4.69. The number of hydrogen-bond acceptors (Lipinski definition) is 4. The van der Waals surface area contributed by atoms with Crippen LogP contribution in [0.3, 0.4) is 0 Å². The zero-order valence-corrected chi connectivity index (χ0v) is 11.9. The first-order valence-electron chi connectivity index (χ1n) is 6.90. The van der Waals surface area contributed by atoms with Crippen LogP contribution in [0.1, 0.15) is 13.8 Å². The summed E-state index contributed by atoms with van der Waals surface area (Å²) in [5, 5.41) is 4.09. The number of oxazole rings is 1. The minimum absolute atomic E-state index is 0.0773. The van der Waals surface area contributed by atoms with Gasteiger partial charge in [-0.1, -0.05) is 12.1 Å². The number of para-hydroxylation sites is 2. The molecule has 0 fully saturated rings. The van der Waals surface area contributed by atoms with Crippen molar-refractivity contribution in [2.75, 3.05) is 13.1 Å². The molecule has 3 aromatic rings. The van der Waals surface area contributed by atoms with Gasteiger partial charge in [0, 0.05) is 13.1 Å². The number of carbonyl (C=O) groups excluding carboxylic acids is 1. The second kappa shape index (κ2) is 5.08. The van der Waals surface area contributed by atoms with Crippen molar-refractivity contribution in [2.45, 2.75) is 20.4 Å². The minimum Gasteiger partial charge on any atom is -0.422 e. The molecule has 0 N–H and O–H groups in total. The maximum Gasteiger partial charge on any atom is 0.353 e. The van der Waals surface area contributed by atoms with E-state index in [2.05, 4.69) is 5.10 Å². The highest BCUT2D eigenvalue weighted by Gasteiger charge is 2.18.